The normalized spacial score (nSPS) is 11.6. The zero-order chi connectivity index (χ0) is 7.49. The first-order chi connectivity index (χ1) is 3.95. The van der Waals surface area contributed by atoms with Crippen molar-refractivity contribution in [1.82, 2.24) is 0 Å². The van der Waals surface area contributed by atoms with Gasteiger partial charge in [-0.15, -0.1) is 0 Å². The summed E-state index contributed by atoms with van der Waals surface area (Å²) < 4.78 is 0. The van der Waals surface area contributed by atoms with E-state index >= 15 is 0 Å². The summed E-state index contributed by atoms with van der Waals surface area (Å²) in [5.74, 6) is -0.559. The van der Waals surface area contributed by atoms with Crippen LogP contribution < -0.4 is 5.73 Å². The second-order valence-electron chi connectivity index (χ2n) is 1.59. The van der Waals surface area contributed by atoms with Crippen molar-refractivity contribution < 1.29 is 19.5 Å². The van der Waals surface area contributed by atoms with Crippen molar-refractivity contribution in [1.29, 1.82) is 0 Å². The number of carbonyl (C=O) groups excluding carboxylic acids is 1. The number of Topliss-reactive ketones (excluding diaryl/α,β-unsaturated/α-hetero) is 1. The molecule has 9 heavy (non-hydrogen) atoms. The second kappa shape index (κ2) is 3.20. The molecular formula is C3H9NO4P+. The molecule has 0 saturated heterocycles. The lowest BCUT2D eigenvalue weighted by molar-refractivity contribution is -0.115. The average molecular weight is 154 g/mol. The molecule has 0 rings (SSSR count). The first-order valence-electron chi connectivity index (χ1n) is 2.24. The van der Waals surface area contributed by atoms with Gasteiger partial charge in [0, 0.05) is 0 Å². The Balaban J connectivity index is 3.60. The van der Waals surface area contributed by atoms with E-state index in [1.807, 2.05) is 0 Å². The lowest BCUT2D eigenvalue weighted by Gasteiger charge is -1.99. The van der Waals surface area contributed by atoms with Gasteiger partial charge in [0.05, 0.1) is 6.54 Å². The quantitative estimate of drug-likeness (QED) is 0.361. The van der Waals surface area contributed by atoms with Crippen LogP contribution in [-0.2, 0) is 4.79 Å². The van der Waals surface area contributed by atoms with Crippen LogP contribution in [0, 0.1) is 0 Å². The molecule has 0 amide bonds. The maximum Gasteiger partial charge on any atom is 0.411 e. The molecule has 0 aliphatic rings. The Kier molecular flexibility index (Phi) is 3.17. The predicted molar refractivity (Wildman–Crippen MR) is 32.5 cm³/mol. The molecule has 0 aromatic heterocycles. The molecule has 5 N–H and O–H groups in total. The maximum atomic E-state index is 10.3. The Labute approximate surface area is 52.7 Å². The van der Waals surface area contributed by atoms with Crippen molar-refractivity contribution in [3.05, 3.63) is 0 Å². The molecule has 0 bridgehead atoms. The van der Waals surface area contributed by atoms with Gasteiger partial charge in [0.15, 0.2) is 11.9 Å². The summed E-state index contributed by atoms with van der Waals surface area (Å²) in [5.41, 5.74) is 4.81. The molecule has 5 nitrogen and oxygen atoms in total. The molecule has 0 heterocycles. The Morgan fingerprint density at radius 3 is 2.00 bits per heavy atom. The van der Waals surface area contributed by atoms with E-state index in [1.165, 1.54) is 0 Å². The standard InChI is InChI=1S/C3H9NO4P/c4-1-3(5)2-9(6,7)8/h6-8H,1-2,4H2/q+1. The minimum Gasteiger partial charge on any atom is -0.324 e. The fourth-order valence-corrected chi connectivity index (χ4v) is 0.903. The van der Waals surface area contributed by atoms with E-state index in [2.05, 4.69) is 0 Å². The van der Waals surface area contributed by atoms with Crippen LogP contribution in [0.4, 0.5) is 0 Å². The molecule has 0 radical (unpaired) electrons. The van der Waals surface area contributed by atoms with Gasteiger partial charge in [-0.2, -0.15) is 14.7 Å². The third-order valence-electron chi connectivity index (χ3n) is 0.616. The molecule has 0 spiro atoms. The minimum absolute atomic E-state index is 0.274. The molecule has 0 fully saturated rings. The van der Waals surface area contributed by atoms with Gasteiger partial charge in [0.1, 0.15) is 0 Å². The zero-order valence-corrected chi connectivity index (χ0v) is 5.58. The predicted octanol–water partition coefficient (Wildman–Crippen LogP) is -1.75. The number of hydrogen-bond acceptors (Lipinski definition) is 5. The SMILES string of the molecule is NCC(=O)C[P+](O)(O)O. The smallest absolute Gasteiger partial charge is 0.324 e. The minimum atomic E-state index is -3.92. The number of ketones is 1. The van der Waals surface area contributed by atoms with Crippen LogP contribution >= 0.6 is 7.94 Å². The largest absolute Gasteiger partial charge is 0.411 e. The van der Waals surface area contributed by atoms with Crippen molar-refractivity contribution in [2.45, 2.75) is 0 Å². The van der Waals surface area contributed by atoms with Crippen LogP contribution in [0.2, 0.25) is 0 Å². The van der Waals surface area contributed by atoms with E-state index in [4.69, 9.17) is 20.4 Å². The lowest BCUT2D eigenvalue weighted by Crippen LogP contribution is -2.18. The summed E-state index contributed by atoms with van der Waals surface area (Å²) in [5, 5.41) is 0. The average Bonchev–Trinajstić information content (AvgIpc) is 1.62. The zero-order valence-electron chi connectivity index (χ0n) is 4.69. The highest BCUT2D eigenvalue weighted by Gasteiger charge is 2.32. The van der Waals surface area contributed by atoms with Crippen molar-refractivity contribution >= 4 is 13.7 Å². The highest BCUT2D eigenvalue weighted by molar-refractivity contribution is 7.59. The summed E-state index contributed by atoms with van der Waals surface area (Å²) in [6, 6.07) is 0. The molecule has 0 aliphatic heterocycles. The van der Waals surface area contributed by atoms with Gasteiger partial charge in [0.25, 0.3) is 0 Å². The van der Waals surface area contributed by atoms with Crippen LogP contribution in [0.1, 0.15) is 0 Å². The highest BCUT2D eigenvalue weighted by atomic mass is 31.2. The van der Waals surface area contributed by atoms with E-state index in [0.29, 0.717) is 0 Å². The van der Waals surface area contributed by atoms with E-state index in [0.717, 1.165) is 0 Å². The number of hydrogen-bond donors (Lipinski definition) is 4. The molecule has 0 saturated carbocycles. The second-order valence-corrected chi connectivity index (χ2v) is 3.29. The van der Waals surface area contributed by atoms with Gasteiger partial charge < -0.3 is 5.73 Å². The van der Waals surface area contributed by atoms with Crippen molar-refractivity contribution in [2.75, 3.05) is 12.7 Å². The molecule has 0 aliphatic carbocycles. The van der Waals surface area contributed by atoms with Crippen LogP contribution in [-0.4, -0.2) is 33.2 Å². The third kappa shape index (κ3) is 5.82. The topological polar surface area (TPSA) is 104 Å². The number of nitrogens with two attached hydrogens (primary N) is 1. The van der Waals surface area contributed by atoms with Gasteiger partial charge in [-0.05, 0) is 0 Å². The van der Waals surface area contributed by atoms with E-state index in [-0.39, 0.29) is 6.54 Å². The van der Waals surface area contributed by atoms with Gasteiger partial charge >= 0.3 is 7.94 Å². The van der Waals surface area contributed by atoms with Crippen LogP contribution in [0.15, 0.2) is 0 Å². The summed E-state index contributed by atoms with van der Waals surface area (Å²) in [4.78, 5) is 35.0. The monoisotopic (exact) mass is 154 g/mol. The Bertz CT molecular complexity index is 109. The first-order valence-corrected chi connectivity index (χ1v) is 4.07. The lowest BCUT2D eigenvalue weighted by atomic mass is 10.5. The van der Waals surface area contributed by atoms with Crippen molar-refractivity contribution in [3.63, 3.8) is 0 Å². The molecule has 0 unspecified atom stereocenters. The van der Waals surface area contributed by atoms with Crippen molar-refractivity contribution in [2.24, 2.45) is 5.73 Å². The molecule has 54 valence electrons. The van der Waals surface area contributed by atoms with Crippen LogP contribution in [0.5, 0.6) is 0 Å². The molecule has 0 aromatic carbocycles. The summed E-state index contributed by atoms with van der Waals surface area (Å²) in [6.07, 6.45) is -0.635. The van der Waals surface area contributed by atoms with Crippen LogP contribution in [0.3, 0.4) is 0 Å². The number of rotatable bonds is 3. The van der Waals surface area contributed by atoms with Crippen LogP contribution in [0.25, 0.3) is 0 Å². The van der Waals surface area contributed by atoms with Gasteiger partial charge in [-0.25, -0.2) is 0 Å². The van der Waals surface area contributed by atoms with Crippen molar-refractivity contribution in [3.8, 4) is 0 Å². The number of carbonyl (C=O) groups is 1. The Morgan fingerprint density at radius 2 is 1.89 bits per heavy atom. The summed E-state index contributed by atoms with van der Waals surface area (Å²) in [6.45, 7) is -0.274. The maximum absolute atomic E-state index is 10.3. The van der Waals surface area contributed by atoms with E-state index < -0.39 is 19.9 Å². The first kappa shape index (κ1) is 8.94. The fourth-order valence-electron chi connectivity index (χ4n) is 0.301. The molecular weight excluding hydrogens is 145 g/mol. The Morgan fingerprint density at radius 1 is 1.44 bits per heavy atom. The van der Waals surface area contributed by atoms with Gasteiger partial charge in [0.2, 0.25) is 0 Å². The van der Waals surface area contributed by atoms with E-state index in [1.54, 1.807) is 0 Å². The van der Waals surface area contributed by atoms with Gasteiger partial charge in [-0.3, -0.25) is 4.79 Å². The van der Waals surface area contributed by atoms with Gasteiger partial charge in [-0.1, -0.05) is 0 Å². The summed E-state index contributed by atoms with van der Waals surface area (Å²) >= 11 is 0. The highest BCUT2D eigenvalue weighted by Crippen LogP contribution is 2.43. The summed E-state index contributed by atoms with van der Waals surface area (Å²) in [7, 11) is -3.92. The Hall–Kier alpha value is -0.0600. The third-order valence-corrected chi connectivity index (χ3v) is 1.39. The molecule has 6 heteroatoms. The molecule has 0 aromatic rings. The fraction of sp³-hybridized carbons (Fsp3) is 0.667. The molecule has 0 atom stereocenters. The van der Waals surface area contributed by atoms with E-state index in [9.17, 15) is 4.79 Å².